The molecule has 4 heteroatoms. The van der Waals surface area contributed by atoms with Crippen molar-refractivity contribution >= 4 is 11.9 Å². The Hall–Kier alpha value is -1.32. The Bertz CT molecular complexity index is 340. The number of hydrogen-bond donors (Lipinski definition) is 2. The van der Waals surface area contributed by atoms with Gasteiger partial charge in [-0.1, -0.05) is 70.8 Å². The predicted octanol–water partition coefficient (Wildman–Crippen LogP) is 5.22. The van der Waals surface area contributed by atoms with Gasteiger partial charge in [0.15, 0.2) is 0 Å². The summed E-state index contributed by atoms with van der Waals surface area (Å²) in [5.74, 6) is -0.645. The molecule has 0 atom stereocenters. The second-order valence-corrected chi connectivity index (χ2v) is 6.52. The molecular formula is C20H37NO3. The van der Waals surface area contributed by atoms with Gasteiger partial charge >= 0.3 is 5.97 Å². The maximum Gasteiger partial charge on any atom is 0.327 e. The van der Waals surface area contributed by atoms with Gasteiger partial charge in [-0.05, 0) is 25.7 Å². The molecule has 24 heavy (non-hydrogen) atoms. The topological polar surface area (TPSA) is 66.4 Å². The van der Waals surface area contributed by atoms with Crippen LogP contribution in [0.25, 0.3) is 0 Å². The van der Waals surface area contributed by atoms with Gasteiger partial charge in [-0.15, -0.1) is 0 Å². The molecule has 0 unspecified atom stereocenters. The molecule has 0 bridgehead atoms. The molecule has 0 saturated heterocycles. The van der Waals surface area contributed by atoms with Crippen molar-refractivity contribution < 1.29 is 14.7 Å². The number of carbonyl (C=O) groups is 2. The molecule has 0 aromatic carbocycles. The molecule has 0 fully saturated rings. The molecule has 1 amide bonds. The second-order valence-electron chi connectivity index (χ2n) is 6.52. The zero-order valence-corrected chi connectivity index (χ0v) is 15.5. The first kappa shape index (κ1) is 22.7. The number of allylic oxidation sites excluding steroid dienone is 1. The largest absolute Gasteiger partial charge is 0.478 e. The van der Waals surface area contributed by atoms with Gasteiger partial charge in [-0.25, -0.2) is 4.79 Å². The summed E-state index contributed by atoms with van der Waals surface area (Å²) in [4.78, 5) is 21.8. The monoisotopic (exact) mass is 339 g/mol. The minimum atomic E-state index is -0.855. The molecule has 0 saturated carbocycles. The standard InChI is InChI=1S/C20H37NO3/c1-2-3-18-21-19(22)16-14-12-10-8-6-4-5-7-9-11-13-15-17-20(23)24/h15,17H,2-14,16,18H2,1H3,(H,21,22)(H,23,24). The molecule has 2 N–H and O–H groups in total. The summed E-state index contributed by atoms with van der Waals surface area (Å²) < 4.78 is 0. The average molecular weight is 340 g/mol. The van der Waals surface area contributed by atoms with E-state index in [1.165, 1.54) is 51.0 Å². The number of carbonyl (C=O) groups excluding carboxylic acids is 1. The van der Waals surface area contributed by atoms with E-state index in [1.54, 1.807) is 6.08 Å². The first-order valence-electron chi connectivity index (χ1n) is 9.83. The van der Waals surface area contributed by atoms with Crippen LogP contribution >= 0.6 is 0 Å². The number of carboxylic acid groups (broad SMARTS) is 1. The highest BCUT2D eigenvalue weighted by atomic mass is 16.4. The fourth-order valence-corrected chi connectivity index (χ4v) is 2.64. The fourth-order valence-electron chi connectivity index (χ4n) is 2.64. The summed E-state index contributed by atoms with van der Waals surface area (Å²) in [6.07, 6.45) is 18.8. The quantitative estimate of drug-likeness (QED) is 0.282. The summed E-state index contributed by atoms with van der Waals surface area (Å²) >= 11 is 0. The SMILES string of the molecule is CCCCNC(=O)CCCCCCCCCCCCC=CC(=O)O. The zero-order valence-electron chi connectivity index (χ0n) is 15.5. The average Bonchev–Trinajstić information content (AvgIpc) is 2.55. The van der Waals surface area contributed by atoms with Gasteiger partial charge in [0, 0.05) is 19.0 Å². The molecule has 0 aliphatic rings. The van der Waals surface area contributed by atoms with Gasteiger partial charge in [0.2, 0.25) is 5.91 Å². The highest BCUT2D eigenvalue weighted by Crippen LogP contribution is 2.12. The third-order valence-corrected chi connectivity index (χ3v) is 4.14. The first-order chi connectivity index (χ1) is 11.7. The molecule has 4 nitrogen and oxygen atoms in total. The molecule has 0 rings (SSSR count). The van der Waals surface area contributed by atoms with Crippen molar-refractivity contribution in [2.45, 2.75) is 96.8 Å². The highest BCUT2D eigenvalue weighted by Gasteiger charge is 1.99. The van der Waals surface area contributed by atoms with E-state index in [0.717, 1.165) is 45.1 Å². The Morgan fingerprint density at radius 3 is 1.92 bits per heavy atom. The lowest BCUT2D eigenvalue weighted by Crippen LogP contribution is -2.23. The maximum atomic E-state index is 11.5. The van der Waals surface area contributed by atoms with E-state index in [4.69, 9.17) is 5.11 Å². The first-order valence-corrected chi connectivity index (χ1v) is 9.83. The van der Waals surface area contributed by atoms with Crippen LogP contribution in [-0.4, -0.2) is 23.5 Å². The van der Waals surface area contributed by atoms with Crippen LogP contribution in [0.5, 0.6) is 0 Å². The van der Waals surface area contributed by atoms with Gasteiger partial charge in [-0.3, -0.25) is 4.79 Å². The zero-order chi connectivity index (χ0) is 17.9. The molecule has 0 spiro atoms. The number of hydrogen-bond acceptors (Lipinski definition) is 2. The van der Waals surface area contributed by atoms with Crippen LogP contribution in [0.1, 0.15) is 96.8 Å². The van der Waals surface area contributed by atoms with Crippen LogP contribution in [0.4, 0.5) is 0 Å². The van der Waals surface area contributed by atoms with Crippen molar-refractivity contribution in [3.8, 4) is 0 Å². The van der Waals surface area contributed by atoms with Crippen LogP contribution in [0.3, 0.4) is 0 Å². The molecule has 0 aliphatic carbocycles. The van der Waals surface area contributed by atoms with Crippen LogP contribution in [0.15, 0.2) is 12.2 Å². The third-order valence-electron chi connectivity index (χ3n) is 4.14. The Kier molecular flexibility index (Phi) is 17.0. The highest BCUT2D eigenvalue weighted by molar-refractivity contribution is 5.79. The lowest BCUT2D eigenvalue weighted by Gasteiger charge is -2.04. The minimum absolute atomic E-state index is 0.210. The van der Waals surface area contributed by atoms with Crippen molar-refractivity contribution in [3.63, 3.8) is 0 Å². The number of nitrogens with one attached hydrogen (secondary N) is 1. The Balaban J connectivity index is 3.15. The summed E-state index contributed by atoms with van der Waals surface area (Å²) in [5.41, 5.74) is 0. The second kappa shape index (κ2) is 18.0. The summed E-state index contributed by atoms with van der Waals surface area (Å²) in [6, 6.07) is 0. The number of unbranched alkanes of at least 4 members (excludes halogenated alkanes) is 11. The van der Waals surface area contributed by atoms with E-state index >= 15 is 0 Å². The van der Waals surface area contributed by atoms with Crippen molar-refractivity contribution in [1.29, 1.82) is 0 Å². The van der Waals surface area contributed by atoms with Crippen LogP contribution in [-0.2, 0) is 9.59 Å². The summed E-state index contributed by atoms with van der Waals surface area (Å²) in [7, 11) is 0. The van der Waals surface area contributed by atoms with Crippen molar-refractivity contribution in [2.75, 3.05) is 6.54 Å². The molecule has 0 heterocycles. The fraction of sp³-hybridized carbons (Fsp3) is 0.800. The van der Waals surface area contributed by atoms with E-state index in [2.05, 4.69) is 12.2 Å². The van der Waals surface area contributed by atoms with Gasteiger partial charge < -0.3 is 10.4 Å². The lowest BCUT2D eigenvalue weighted by atomic mass is 10.0. The van der Waals surface area contributed by atoms with E-state index < -0.39 is 5.97 Å². The molecular weight excluding hydrogens is 302 g/mol. The molecule has 0 radical (unpaired) electrons. The Morgan fingerprint density at radius 1 is 0.833 bits per heavy atom. The van der Waals surface area contributed by atoms with E-state index in [1.807, 2.05) is 0 Å². The van der Waals surface area contributed by atoms with Gasteiger partial charge in [-0.2, -0.15) is 0 Å². The third kappa shape index (κ3) is 18.7. The molecule has 0 aromatic rings. The van der Waals surface area contributed by atoms with Crippen molar-refractivity contribution in [2.24, 2.45) is 0 Å². The van der Waals surface area contributed by atoms with Crippen LogP contribution in [0, 0.1) is 0 Å². The number of aliphatic carboxylic acids is 1. The molecule has 0 aromatic heterocycles. The summed E-state index contributed by atoms with van der Waals surface area (Å²) in [6.45, 7) is 2.96. The smallest absolute Gasteiger partial charge is 0.327 e. The molecule has 140 valence electrons. The number of amides is 1. The van der Waals surface area contributed by atoms with Gasteiger partial charge in [0.25, 0.3) is 0 Å². The lowest BCUT2D eigenvalue weighted by molar-refractivity contribution is -0.131. The van der Waals surface area contributed by atoms with Crippen molar-refractivity contribution in [3.05, 3.63) is 12.2 Å². The van der Waals surface area contributed by atoms with Crippen LogP contribution in [0.2, 0.25) is 0 Å². The number of rotatable bonds is 17. The van der Waals surface area contributed by atoms with E-state index in [9.17, 15) is 9.59 Å². The maximum absolute atomic E-state index is 11.5. The predicted molar refractivity (Wildman–Crippen MR) is 100 cm³/mol. The molecule has 0 aliphatic heterocycles. The van der Waals surface area contributed by atoms with Crippen LogP contribution < -0.4 is 5.32 Å². The number of carboxylic acids is 1. The summed E-state index contributed by atoms with van der Waals surface area (Å²) in [5, 5.41) is 11.4. The van der Waals surface area contributed by atoms with E-state index in [0.29, 0.717) is 6.42 Å². The normalized spacial score (nSPS) is 11.0. The van der Waals surface area contributed by atoms with Crippen molar-refractivity contribution in [1.82, 2.24) is 5.32 Å². The van der Waals surface area contributed by atoms with E-state index in [-0.39, 0.29) is 5.91 Å². The Morgan fingerprint density at radius 2 is 1.38 bits per heavy atom. The minimum Gasteiger partial charge on any atom is -0.478 e. The van der Waals surface area contributed by atoms with Gasteiger partial charge in [0.1, 0.15) is 0 Å². The Labute approximate surface area is 148 Å². The van der Waals surface area contributed by atoms with Gasteiger partial charge in [0.05, 0.1) is 0 Å².